The average Bonchev–Trinajstić information content (AvgIpc) is 3.90. The first-order valence-corrected chi connectivity index (χ1v) is 22.2. The van der Waals surface area contributed by atoms with Crippen LogP contribution in [-0.2, 0) is 80.9 Å². The lowest BCUT2D eigenvalue weighted by Gasteiger charge is -2.38. The van der Waals surface area contributed by atoms with E-state index in [9.17, 15) is 21.6 Å². The van der Waals surface area contributed by atoms with Crippen molar-refractivity contribution in [2.75, 3.05) is 72.0 Å². The first kappa shape index (κ1) is 40.4. The maximum atomic E-state index is 12.5. The van der Waals surface area contributed by atoms with E-state index in [2.05, 4.69) is 22.2 Å². The third-order valence-corrected chi connectivity index (χ3v) is 14.4. The molecule has 0 radical (unpaired) electrons. The molecule has 0 spiro atoms. The Hall–Kier alpha value is -3.30. The Kier molecular flexibility index (Phi) is 13.2. The van der Waals surface area contributed by atoms with Crippen LogP contribution in [-0.4, -0.2) is 110 Å². The highest BCUT2D eigenvalue weighted by Gasteiger charge is 2.38. The second-order valence-corrected chi connectivity index (χ2v) is 18.9. The number of nitrogens with zero attached hydrogens (tertiary/aromatic N) is 3. The summed E-state index contributed by atoms with van der Waals surface area (Å²) in [5.41, 5.74) is 11.3. The first-order valence-electron chi connectivity index (χ1n) is 19.1. The number of hydrogen-bond acceptors (Lipinski definition) is 11. The smallest absolute Gasteiger partial charge is 0.332 e. The minimum absolute atomic E-state index is 0.366. The van der Waals surface area contributed by atoms with Gasteiger partial charge in [-0.15, -0.1) is 5.26 Å². The standard InChI is InChI=1S/C19H27N3O4S.C13H13NO.C6H14N2O3S/c1-26-9-8-22-11-15(12-22)27(24,25)21-19(23)20-18-16-6-2-4-13(16)10-14-5-3-7-17(14)18;14-8-15-13-11-5-1-3-9(11)7-10-4-2-6-12(10)13;1-11-3-2-8-4-6(5-8)12(7,9)10/h10,15H,2-9,11-12H2,1H3,(H2,20,21,23);7H,1-6H2;6H,2-5H2,1H3,(H2,7,9,10). The van der Waals surface area contributed by atoms with Crippen LogP contribution < -0.4 is 19.9 Å². The van der Waals surface area contributed by atoms with E-state index in [4.69, 9.17) is 24.6 Å². The van der Waals surface area contributed by atoms with Gasteiger partial charge in [0.15, 0.2) is 0 Å². The summed E-state index contributed by atoms with van der Waals surface area (Å²) in [6.45, 7) is 4.65. The van der Waals surface area contributed by atoms with E-state index in [1.807, 2.05) is 16.1 Å². The van der Waals surface area contributed by atoms with Gasteiger partial charge in [0, 0.05) is 59.2 Å². The molecular formula is C38H54N6O8S2. The summed E-state index contributed by atoms with van der Waals surface area (Å²) in [7, 11) is -3.74. The van der Waals surface area contributed by atoms with E-state index in [1.165, 1.54) is 57.3 Å². The lowest BCUT2D eigenvalue weighted by Crippen LogP contribution is -2.59. The van der Waals surface area contributed by atoms with E-state index < -0.39 is 31.3 Å². The summed E-state index contributed by atoms with van der Waals surface area (Å²) in [6, 6.07) is 3.99. The average molecular weight is 787 g/mol. The molecule has 4 aliphatic carbocycles. The highest BCUT2D eigenvalue weighted by molar-refractivity contribution is 7.90. The van der Waals surface area contributed by atoms with Gasteiger partial charge in [-0.3, -0.25) is 9.80 Å². The SMILES string of the molecule is COCCN1CC(S(=O)(=O)NC(=O)Nc2c3c(cc4c2CCC4)CCC3)C1.COCCN1CC(S(N)(=O)=O)C1.N#COc1c2c(cc3c1CCC3)CCC2. The molecular weight excluding hydrogens is 733 g/mol. The molecule has 296 valence electrons. The molecule has 0 unspecified atom stereocenters. The third kappa shape index (κ3) is 9.38. The van der Waals surface area contributed by atoms with Gasteiger partial charge in [0.1, 0.15) is 16.2 Å². The molecule has 2 aliphatic heterocycles. The van der Waals surface area contributed by atoms with Gasteiger partial charge < -0.3 is 19.5 Å². The summed E-state index contributed by atoms with van der Waals surface area (Å²) in [6.07, 6.45) is 14.9. The molecule has 2 fully saturated rings. The van der Waals surface area contributed by atoms with Gasteiger partial charge in [0.2, 0.25) is 20.0 Å². The number of ether oxygens (including phenoxy) is 3. The van der Waals surface area contributed by atoms with Gasteiger partial charge in [-0.2, -0.15) is 0 Å². The highest BCUT2D eigenvalue weighted by Crippen LogP contribution is 2.40. The predicted octanol–water partition coefficient (Wildman–Crippen LogP) is 2.58. The van der Waals surface area contributed by atoms with Crippen molar-refractivity contribution in [3.63, 3.8) is 0 Å². The summed E-state index contributed by atoms with van der Waals surface area (Å²) in [5, 5.41) is 15.6. The third-order valence-electron chi connectivity index (χ3n) is 11.5. The van der Waals surface area contributed by atoms with Crippen LogP contribution in [0.4, 0.5) is 10.5 Å². The van der Waals surface area contributed by atoms with Crippen molar-refractivity contribution in [1.82, 2.24) is 14.5 Å². The van der Waals surface area contributed by atoms with Crippen LogP contribution >= 0.6 is 0 Å². The second kappa shape index (κ2) is 17.7. The molecule has 2 heterocycles. The Morgan fingerprint density at radius 3 is 1.59 bits per heavy atom. The number of carbonyl (C=O) groups is 1. The number of likely N-dealkylation sites (tertiary alicyclic amines) is 2. The van der Waals surface area contributed by atoms with Crippen molar-refractivity contribution < 1.29 is 35.8 Å². The lowest BCUT2D eigenvalue weighted by molar-refractivity contribution is 0.113. The molecule has 6 aliphatic rings. The van der Waals surface area contributed by atoms with Crippen molar-refractivity contribution >= 4 is 31.8 Å². The topological polar surface area (TPSA) is 193 Å². The predicted molar refractivity (Wildman–Crippen MR) is 206 cm³/mol. The van der Waals surface area contributed by atoms with Gasteiger partial charge in [-0.05, 0) is 122 Å². The zero-order valence-electron chi connectivity index (χ0n) is 31.5. The molecule has 0 bridgehead atoms. The Morgan fingerprint density at radius 2 is 1.17 bits per heavy atom. The fourth-order valence-electron chi connectivity index (χ4n) is 8.51. The number of aryl methyl sites for hydroxylation is 4. The number of urea groups is 1. The zero-order valence-corrected chi connectivity index (χ0v) is 33.1. The normalized spacial score (nSPS) is 19.1. The first-order chi connectivity index (χ1) is 25.9. The maximum Gasteiger partial charge on any atom is 0.332 e. The van der Waals surface area contributed by atoms with Gasteiger partial charge >= 0.3 is 6.03 Å². The van der Waals surface area contributed by atoms with Gasteiger partial charge in [0.25, 0.3) is 6.26 Å². The molecule has 2 aromatic rings. The molecule has 0 saturated carbocycles. The summed E-state index contributed by atoms with van der Waals surface area (Å²) >= 11 is 0. The number of methoxy groups -OCH3 is 2. The highest BCUT2D eigenvalue weighted by atomic mass is 32.2. The Morgan fingerprint density at radius 1 is 0.741 bits per heavy atom. The largest absolute Gasteiger partial charge is 0.387 e. The number of benzene rings is 2. The van der Waals surface area contributed by atoms with Crippen LogP contribution in [0.2, 0.25) is 0 Å². The van der Waals surface area contributed by atoms with E-state index in [-0.39, 0.29) is 5.25 Å². The second-order valence-electron chi connectivity index (χ2n) is 15.1. The Bertz CT molecular complexity index is 1890. The fourth-order valence-corrected chi connectivity index (χ4v) is 10.6. The number of primary sulfonamides is 1. The number of nitrogens with two attached hydrogens (primary N) is 1. The lowest BCUT2D eigenvalue weighted by atomic mass is 9.99. The molecule has 54 heavy (non-hydrogen) atoms. The fraction of sp³-hybridized carbons (Fsp3) is 0.632. The van der Waals surface area contributed by atoms with Crippen molar-refractivity contribution in [3.05, 3.63) is 56.6 Å². The van der Waals surface area contributed by atoms with Crippen LogP contribution in [0, 0.1) is 11.5 Å². The van der Waals surface area contributed by atoms with Crippen LogP contribution in [0.3, 0.4) is 0 Å². The van der Waals surface area contributed by atoms with Crippen LogP contribution in [0.1, 0.15) is 70.2 Å². The number of nitriles is 1. The van der Waals surface area contributed by atoms with Gasteiger partial charge in [-0.1, -0.05) is 12.1 Å². The number of sulfonamides is 2. The molecule has 14 nitrogen and oxygen atoms in total. The number of fused-ring (bicyclic) bond motifs is 4. The van der Waals surface area contributed by atoms with Gasteiger partial charge in [0.05, 0.1) is 13.2 Å². The number of amides is 2. The number of anilines is 1. The summed E-state index contributed by atoms with van der Waals surface area (Å²) < 4.78 is 63.7. The number of rotatable bonds is 11. The van der Waals surface area contributed by atoms with Crippen LogP contribution in [0.5, 0.6) is 5.75 Å². The number of nitrogens with one attached hydrogen (secondary N) is 2. The summed E-state index contributed by atoms with van der Waals surface area (Å²) in [5.74, 6) is 0.903. The van der Waals surface area contributed by atoms with E-state index in [1.54, 1.807) is 14.2 Å². The maximum absolute atomic E-state index is 12.5. The molecule has 2 amide bonds. The molecule has 16 heteroatoms. The van der Waals surface area contributed by atoms with Crippen LogP contribution in [0.15, 0.2) is 12.1 Å². The molecule has 4 N–H and O–H groups in total. The minimum Gasteiger partial charge on any atom is -0.387 e. The van der Waals surface area contributed by atoms with Crippen molar-refractivity contribution in [3.8, 4) is 12.0 Å². The zero-order chi connectivity index (χ0) is 38.5. The van der Waals surface area contributed by atoms with Crippen LogP contribution in [0.25, 0.3) is 0 Å². The van der Waals surface area contributed by atoms with Crippen molar-refractivity contribution in [2.45, 2.75) is 87.5 Å². The number of hydrogen-bond donors (Lipinski definition) is 3. The quantitative estimate of drug-likeness (QED) is 0.284. The monoisotopic (exact) mass is 786 g/mol. The molecule has 2 saturated heterocycles. The Balaban J connectivity index is 0.000000154. The van der Waals surface area contributed by atoms with Crippen molar-refractivity contribution in [2.24, 2.45) is 5.14 Å². The summed E-state index contributed by atoms with van der Waals surface area (Å²) in [4.78, 5) is 16.5. The van der Waals surface area contributed by atoms with E-state index >= 15 is 0 Å². The van der Waals surface area contributed by atoms with E-state index in [0.717, 1.165) is 82.2 Å². The molecule has 8 rings (SSSR count). The van der Waals surface area contributed by atoms with Crippen molar-refractivity contribution in [1.29, 1.82) is 5.26 Å². The van der Waals surface area contributed by atoms with E-state index in [0.29, 0.717) is 45.9 Å². The molecule has 2 aromatic carbocycles. The van der Waals surface area contributed by atoms with Gasteiger partial charge in [-0.25, -0.2) is 31.5 Å². The molecule has 0 aromatic heterocycles. The number of carbonyl (C=O) groups excluding carboxylic acids is 1. The molecule has 0 atom stereocenters. The minimum atomic E-state index is -3.67. The Labute approximate surface area is 319 Å².